The van der Waals surface area contributed by atoms with Crippen LogP contribution in [0.4, 0.5) is 0 Å². The summed E-state index contributed by atoms with van der Waals surface area (Å²) in [5.41, 5.74) is 2.44. The molecule has 1 heterocycles. The summed E-state index contributed by atoms with van der Waals surface area (Å²) in [5, 5.41) is 0. The highest BCUT2D eigenvalue weighted by atomic mass is 16.5. The molecule has 1 aromatic heterocycles. The van der Waals surface area contributed by atoms with E-state index in [0.29, 0.717) is 0 Å². The third-order valence-corrected chi connectivity index (χ3v) is 4.43. The molecule has 0 atom stereocenters. The predicted molar refractivity (Wildman–Crippen MR) is 105 cm³/mol. The van der Waals surface area contributed by atoms with E-state index in [0.717, 1.165) is 36.6 Å². The molecule has 0 unspecified atom stereocenters. The Morgan fingerprint density at radius 3 is 2.08 bits per heavy atom. The zero-order valence-electron chi connectivity index (χ0n) is 15.8. The highest BCUT2D eigenvalue weighted by molar-refractivity contribution is 5.55. The van der Waals surface area contributed by atoms with Crippen LogP contribution in [0.1, 0.15) is 70.8 Å². The molecule has 0 aliphatic rings. The molecule has 0 saturated carbocycles. The van der Waals surface area contributed by atoms with Gasteiger partial charge in [-0.3, -0.25) is 0 Å². The highest BCUT2D eigenvalue weighted by Gasteiger charge is 2.03. The van der Waals surface area contributed by atoms with Gasteiger partial charge in [-0.2, -0.15) is 0 Å². The SMILES string of the molecule is CCCCCCCCOc1cnc(-c2ccc(CCCC)cc2)nc1. The van der Waals surface area contributed by atoms with Crippen LogP contribution in [0.25, 0.3) is 11.4 Å². The van der Waals surface area contributed by atoms with Gasteiger partial charge in [-0.1, -0.05) is 76.6 Å². The fraction of sp³-hybridized carbons (Fsp3) is 0.545. The lowest BCUT2D eigenvalue weighted by Gasteiger charge is -2.07. The fourth-order valence-corrected chi connectivity index (χ4v) is 2.81. The summed E-state index contributed by atoms with van der Waals surface area (Å²) < 4.78 is 5.74. The van der Waals surface area contributed by atoms with Gasteiger partial charge in [0.05, 0.1) is 19.0 Å². The smallest absolute Gasteiger partial charge is 0.159 e. The maximum absolute atomic E-state index is 5.74. The number of unbranched alkanes of at least 4 members (excludes halogenated alkanes) is 6. The third kappa shape index (κ3) is 7.25. The van der Waals surface area contributed by atoms with Crippen LogP contribution in [-0.2, 0) is 6.42 Å². The largest absolute Gasteiger partial charge is 0.490 e. The molecule has 0 fully saturated rings. The quantitative estimate of drug-likeness (QED) is 0.430. The van der Waals surface area contributed by atoms with Gasteiger partial charge in [0.2, 0.25) is 0 Å². The van der Waals surface area contributed by atoms with Gasteiger partial charge in [-0.15, -0.1) is 0 Å². The van der Waals surface area contributed by atoms with Crippen LogP contribution in [-0.4, -0.2) is 16.6 Å². The number of hydrogen-bond donors (Lipinski definition) is 0. The molecule has 0 spiro atoms. The van der Waals surface area contributed by atoms with Crippen molar-refractivity contribution < 1.29 is 4.74 Å². The second-order valence-corrected chi connectivity index (χ2v) is 6.66. The number of hydrogen-bond acceptors (Lipinski definition) is 3. The second kappa shape index (κ2) is 11.6. The standard InChI is InChI=1S/C22H32N2O/c1-3-5-7-8-9-10-16-25-21-17-23-22(24-18-21)20-14-12-19(13-15-20)11-6-4-2/h12-15,17-18H,3-11,16H2,1-2H3. The number of aromatic nitrogens is 2. The minimum absolute atomic E-state index is 0.751. The Balaban J connectivity index is 1.75. The average molecular weight is 341 g/mol. The van der Waals surface area contributed by atoms with Gasteiger partial charge in [0.25, 0.3) is 0 Å². The van der Waals surface area contributed by atoms with Crippen molar-refractivity contribution in [3.05, 3.63) is 42.2 Å². The summed E-state index contributed by atoms with van der Waals surface area (Å²) in [4.78, 5) is 8.89. The Bertz CT molecular complexity index is 578. The molecule has 0 aliphatic heterocycles. The molecule has 2 aromatic rings. The molecule has 2 rings (SSSR count). The molecule has 136 valence electrons. The normalized spacial score (nSPS) is 10.8. The predicted octanol–water partition coefficient (Wildman–Crippen LogP) is 6.23. The first kappa shape index (κ1) is 19.4. The summed E-state index contributed by atoms with van der Waals surface area (Å²) in [5.74, 6) is 1.52. The van der Waals surface area contributed by atoms with Crippen LogP contribution in [0.3, 0.4) is 0 Å². The van der Waals surface area contributed by atoms with Crippen LogP contribution in [0.2, 0.25) is 0 Å². The van der Waals surface area contributed by atoms with Crippen molar-refractivity contribution in [2.24, 2.45) is 0 Å². The van der Waals surface area contributed by atoms with E-state index in [9.17, 15) is 0 Å². The Hall–Kier alpha value is -1.90. The van der Waals surface area contributed by atoms with E-state index >= 15 is 0 Å². The number of benzene rings is 1. The van der Waals surface area contributed by atoms with E-state index < -0.39 is 0 Å². The van der Waals surface area contributed by atoms with Crippen LogP contribution in [0, 0.1) is 0 Å². The Morgan fingerprint density at radius 1 is 0.760 bits per heavy atom. The van der Waals surface area contributed by atoms with Crippen LogP contribution < -0.4 is 4.74 Å². The number of nitrogens with zero attached hydrogens (tertiary/aromatic N) is 2. The molecule has 3 nitrogen and oxygen atoms in total. The lowest BCUT2D eigenvalue weighted by Crippen LogP contribution is -1.99. The van der Waals surface area contributed by atoms with Gasteiger partial charge >= 0.3 is 0 Å². The van der Waals surface area contributed by atoms with E-state index in [1.54, 1.807) is 12.4 Å². The molecule has 0 N–H and O–H groups in total. The van der Waals surface area contributed by atoms with Crippen molar-refractivity contribution in [1.29, 1.82) is 0 Å². The van der Waals surface area contributed by atoms with Crippen LogP contribution in [0.15, 0.2) is 36.7 Å². The van der Waals surface area contributed by atoms with Crippen LogP contribution in [0.5, 0.6) is 5.75 Å². The highest BCUT2D eigenvalue weighted by Crippen LogP contribution is 2.18. The van der Waals surface area contributed by atoms with Gasteiger partial charge in [0.15, 0.2) is 11.6 Å². The number of rotatable bonds is 12. The third-order valence-electron chi connectivity index (χ3n) is 4.43. The van der Waals surface area contributed by atoms with Gasteiger partial charge in [0, 0.05) is 5.56 Å². The lowest BCUT2D eigenvalue weighted by molar-refractivity contribution is 0.302. The molecule has 0 saturated heterocycles. The van der Waals surface area contributed by atoms with E-state index in [1.165, 1.54) is 50.5 Å². The molecular formula is C22H32N2O. The summed E-state index contributed by atoms with van der Waals surface area (Å²) in [6.45, 7) is 5.22. The minimum Gasteiger partial charge on any atom is -0.490 e. The molecule has 0 amide bonds. The maximum Gasteiger partial charge on any atom is 0.159 e. The van der Waals surface area contributed by atoms with Gasteiger partial charge in [-0.25, -0.2) is 9.97 Å². The molecule has 0 aliphatic carbocycles. The summed E-state index contributed by atoms with van der Waals surface area (Å²) in [6.07, 6.45) is 14.8. The minimum atomic E-state index is 0.751. The fourth-order valence-electron chi connectivity index (χ4n) is 2.81. The summed E-state index contributed by atoms with van der Waals surface area (Å²) in [7, 11) is 0. The Morgan fingerprint density at radius 2 is 1.40 bits per heavy atom. The number of aryl methyl sites for hydroxylation is 1. The van der Waals surface area contributed by atoms with E-state index in [2.05, 4.69) is 48.1 Å². The monoisotopic (exact) mass is 340 g/mol. The van der Waals surface area contributed by atoms with E-state index in [1.807, 2.05) is 0 Å². The summed E-state index contributed by atoms with van der Waals surface area (Å²) in [6, 6.07) is 8.57. The van der Waals surface area contributed by atoms with Gasteiger partial charge in [0.1, 0.15) is 0 Å². The van der Waals surface area contributed by atoms with Crippen molar-refractivity contribution in [3.63, 3.8) is 0 Å². The van der Waals surface area contributed by atoms with Crippen molar-refractivity contribution in [2.75, 3.05) is 6.61 Å². The van der Waals surface area contributed by atoms with Crippen molar-refractivity contribution in [1.82, 2.24) is 9.97 Å². The van der Waals surface area contributed by atoms with Crippen molar-refractivity contribution in [2.45, 2.75) is 71.6 Å². The topological polar surface area (TPSA) is 35.0 Å². The first-order valence-electron chi connectivity index (χ1n) is 9.87. The summed E-state index contributed by atoms with van der Waals surface area (Å²) >= 11 is 0. The lowest BCUT2D eigenvalue weighted by atomic mass is 10.1. The molecule has 3 heteroatoms. The Labute approximate surface area is 152 Å². The zero-order chi connectivity index (χ0) is 17.7. The molecule has 25 heavy (non-hydrogen) atoms. The first-order chi connectivity index (χ1) is 12.3. The van der Waals surface area contributed by atoms with Gasteiger partial charge < -0.3 is 4.74 Å². The van der Waals surface area contributed by atoms with E-state index in [4.69, 9.17) is 4.74 Å². The molecular weight excluding hydrogens is 308 g/mol. The maximum atomic E-state index is 5.74. The van der Waals surface area contributed by atoms with Crippen molar-refractivity contribution in [3.8, 4) is 17.1 Å². The average Bonchev–Trinajstić information content (AvgIpc) is 2.66. The molecule has 0 bridgehead atoms. The second-order valence-electron chi connectivity index (χ2n) is 6.66. The molecule has 1 aromatic carbocycles. The van der Waals surface area contributed by atoms with Crippen molar-refractivity contribution >= 4 is 0 Å². The number of ether oxygens (including phenoxy) is 1. The molecule has 0 radical (unpaired) electrons. The zero-order valence-corrected chi connectivity index (χ0v) is 15.8. The Kier molecular flexibility index (Phi) is 9.03. The van der Waals surface area contributed by atoms with E-state index in [-0.39, 0.29) is 0 Å². The first-order valence-corrected chi connectivity index (χ1v) is 9.87. The van der Waals surface area contributed by atoms with Crippen LogP contribution >= 0.6 is 0 Å². The van der Waals surface area contributed by atoms with Gasteiger partial charge in [-0.05, 0) is 24.8 Å².